The van der Waals surface area contributed by atoms with Crippen LogP contribution in [0.3, 0.4) is 0 Å². The van der Waals surface area contributed by atoms with Crippen LogP contribution in [0.2, 0.25) is 5.02 Å². The first-order valence-electron chi connectivity index (χ1n) is 7.54. The van der Waals surface area contributed by atoms with E-state index in [0.717, 1.165) is 0 Å². The fourth-order valence-corrected chi connectivity index (χ4v) is 2.92. The molecule has 1 N–H and O–H groups in total. The van der Waals surface area contributed by atoms with E-state index in [-0.39, 0.29) is 5.69 Å². The van der Waals surface area contributed by atoms with E-state index in [4.69, 9.17) is 11.6 Å². The van der Waals surface area contributed by atoms with Gasteiger partial charge >= 0.3 is 0 Å². The molecule has 1 aromatic heterocycles. The molecule has 130 valence electrons. The van der Waals surface area contributed by atoms with Gasteiger partial charge in [-0.25, -0.2) is 22.5 Å². The summed E-state index contributed by atoms with van der Waals surface area (Å²) in [6, 6.07) is 13.0. The van der Waals surface area contributed by atoms with Crippen molar-refractivity contribution in [3.63, 3.8) is 0 Å². The molecular formula is C19H9ClF4N2. The van der Waals surface area contributed by atoms with Crippen LogP contribution in [0, 0.1) is 23.3 Å². The van der Waals surface area contributed by atoms with Crippen molar-refractivity contribution >= 4 is 44.8 Å². The maximum Gasteiger partial charge on any atom is 0.199 e. The summed E-state index contributed by atoms with van der Waals surface area (Å²) in [6.45, 7) is 0. The highest BCUT2D eigenvalue weighted by atomic mass is 35.5. The molecule has 0 unspecified atom stereocenters. The lowest BCUT2D eigenvalue weighted by atomic mass is 10.1. The van der Waals surface area contributed by atoms with Crippen LogP contribution >= 0.6 is 11.6 Å². The molecule has 0 fully saturated rings. The normalized spacial score (nSPS) is 11.3. The summed E-state index contributed by atoms with van der Waals surface area (Å²) in [4.78, 5) is 3.97. The maximum atomic E-state index is 14.5. The van der Waals surface area contributed by atoms with E-state index in [1.807, 2.05) is 0 Å². The minimum Gasteiger partial charge on any atom is -0.354 e. The largest absolute Gasteiger partial charge is 0.354 e. The lowest BCUT2D eigenvalue weighted by molar-refractivity contribution is 0.417. The van der Waals surface area contributed by atoms with Gasteiger partial charge in [0.2, 0.25) is 0 Å². The molecule has 4 rings (SSSR count). The van der Waals surface area contributed by atoms with Crippen molar-refractivity contribution in [3.8, 4) is 0 Å². The molecule has 0 aliphatic rings. The van der Waals surface area contributed by atoms with Crippen LogP contribution < -0.4 is 5.32 Å². The Morgan fingerprint density at radius 1 is 0.769 bits per heavy atom. The summed E-state index contributed by atoms with van der Waals surface area (Å²) < 4.78 is 56.3. The van der Waals surface area contributed by atoms with Crippen LogP contribution in [0.25, 0.3) is 21.8 Å². The summed E-state index contributed by atoms with van der Waals surface area (Å²) in [7, 11) is 0. The Kier molecular flexibility index (Phi) is 3.92. The zero-order valence-corrected chi connectivity index (χ0v) is 13.7. The number of benzene rings is 3. The first-order chi connectivity index (χ1) is 12.5. The number of fused-ring (bicyclic) bond motifs is 2. The molecule has 1 heterocycles. The average molecular weight is 377 g/mol. The number of rotatable bonds is 2. The van der Waals surface area contributed by atoms with Crippen LogP contribution in [0.1, 0.15) is 0 Å². The van der Waals surface area contributed by atoms with E-state index in [0.29, 0.717) is 21.6 Å². The van der Waals surface area contributed by atoms with Gasteiger partial charge in [-0.15, -0.1) is 0 Å². The lowest BCUT2D eigenvalue weighted by Gasteiger charge is -2.15. The molecule has 4 aromatic rings. The molecular weight excluding hydrogens is 368 g/mol. The number of para-hydroxylation sites is 1. The number of pyridine rings is 1. The number of nitrogens with zero attached hydrogens (tertiary/aromatic N) is 1. The smallest absolute Gasteiger partial charge is 0.199 e. The minimum absolute atomic E-state index is 0.0863. The van der Waals surface area contributed by atoms with E-state index >= 15 is 0 Å². The Bertz CT molecular complexity index is 1160. The molecule has 0 aliphatic heterocycles. The molecule has 0 atom stereocenters. The van der Waals surface area contributed by atoms with Crippen molar-refractivity contribution in [1.29, 1.82) is 0 Å². The molecule has 0 radical (unpaired) electrons. The number of nitrogens with one attached hydrogen (secondary N) is 1. The van der Waals surface area contributed by atoms with Crippen molar-refractivity contribution in [2.45, 2.75) is 0 Å². The molecule has 0 saturated heterocycles. The molecule has 3 aromatic carbocycles. The van der Waals surface area contributed by atoms with Crippen LogP contribution in [-0.4, -0.2) is 4.98 Å². The van der Waals surface area contributed by atoms with Crippen molar-refractivity contribution < 1.29 is 17.6 Å². The molecule has 0 saturated carbocycles. The van der Waals surface area contributed by atoms with Crippen molar-refractivity contribution in [1.82, 2.24) is 4.98 Å². The van der Waals surface area contributed by atoms with Crippen LogP contribution in [-0.2, 0) is 0 Å². The average Bonchev–Trinajstić information content (AvgIpc) is 2.66. The maximum absolute atomic E-state index is 14.5. The number of aromatic nitrogens is 1. The highest BCUT2D eigenvalue weighted by molar-refractivity contribution is 6.30. The second kappa shape index (κ2) is 6.14. The summed E-state index contributed by atoms with van der Waals surface area (Å²) >= 11 is 5.85. The molecule has 0 amide bonds. The predicted octanol–water partition coefficient (Wildman–Crippen LogP) is 6.34. The van der Waals surface area contributed by atoms with Gasteiger partial charge < -0.3 is 5.32 Å². The summed E-state index contributed by atoms with van der Waals surface area (Å²) in [5.74, 6) is -6.82. The molecule has 2 nitrogen and oxygen atoms in total. The van der Waals surface area contributed by atoms with Gasteiger partial charge in [-0.2, -0.15) is 0 Å². The SMILES string of the molecule is Fc1c(F)c(F)c2c(Nc3ccc(Cl)cc3)c3ccccc3nc2c1F. The van der Waals surface area contributed by atoms with Gasteiger partial charge in [0.15, 0.2) is 23.3 Å². The number of hydrogen-bond acceptors (Lipinski definition) is 2. The van der Waals surface area contributed by atoms with Crippen molar-refractivity contribution in [3.05, 3.63) is 76.8 Å². The topological polar surface area (TPSA) is 24.9 Å². The van der Waals surface area contributed by atoms with E-state index in [2.05, 4.69) is 10.3 Å². The highest BCUT2D eigenvalue weighted by Crippen LogP contribution is 2.37. The van der Waals surface area contributed by atoms with Gasteiger partial charge in [0, 0.05) is 16.1 Å². The Hall–Kier alpha value is -2.86. The van der Waals surface area contributed by atoms with Gasteiger partial charge in [0.1, 0.15) is 5.52 Å². The van der Waals surface area contributed by atoms with Gasteiger partial charge in [-0.05, 0) is 30.3 Å². The van der Waals surface area contributed by atoms with Crippen molar-refractivity contribution in [2.24, 2.45) is 0 Å². The van der Waals surface area contributed by atoms with Gasteiger partial charge in [0.25, 0.3) is 0 Å². The summed E-state index contributed by atoms with van der Waals surface area (Å²) in [5.41, 5.74) is 0.317. The quantitative estimate of drug-likeness (QED) is 0.191. The lowest BCUT2D eigenvalue weighted by Crippen LogP contribution is -2.03. The van der Waals surface area contributed by atoms with E-state index < -0.39 is 34.2 Å². The third-order valence-corrected chi connectivity index (χ3v) is 4.26. The monoisotopic (exact) mass is 376 g/mol. The first-order valence-corrected chi connectivity index (χ1v) is 7.92. The summed E-state index contributed by atoms with van der Waals surface area (Å²) in [6.07, 6.45) is 0. The zero-order valence-electron chi connectivity index (χ0n) is 13.0. The minimum atomic E-state index is -1.89. The third kappa shape index (κ3) is 2.54. The van der Waals surface area contributed by atoms with E-state index in [1.54, 1.807) is 48.5 Å². The Labute approximate surface area is 150 Å². The molecule has 26 heavy (non-hydrogen) atoms. The van der Waals surface area contributed by atoms with E-state index in [1.165, 1.54) is 0 Å². The molecule has 0 aliphatic carbocycles. The van der Waals surface area contributed by atoms with Crippen molar-refractivity contribution in [2.75, 3.05) is 5.32 Å². The van der Waals surface area contributed by atoms with E-state index in [9.17, 15) is 17.6 Å². The number of hydrogen-bond donors (Lipinski definition) is 1. The van der Waals surface area contributed by atoms with Crippen LogP contribution in [0.15, 0.2) is 48.5 Å². The second-order valence-electron chi connectivity index (χ2n) is 5.62. The Morgan fingerprint density at radius 3 is 2.15 bits per heavy atom. The van der Waals surface area contributed by atoms with Gasteiger partial charge in [-0.1, -0.05) is 29.8 Å². The van der Waals surface area contributed by atoms with Crippen LogP contribution in [0.5, 0.6) is 0 Å². The van der Waals surface area contributed by atoms with Gasteiger partial charge in [0.05, 0.1) is 16.6 Å². The number of anilines is 2. The Balaban J connectivity index is 2.11. The predicted molar refractivity (Wildman–Crippen MR) is 93.8 cm³/mol. The molecule has 7 heteroatoms. The third-order valence-electron chi connectivity index (χ3n) is 4.01. The number of halogens is 5. The standard InChI is InChI=1S/C19H9ClF4N2/c20-9-5-7-10(8-6-9)25-18-11-3-1-2-4-12(11)26-19-13(18)14(21)15(22)16(23)17(19)24/h1-8H,(H,25,26). The zero-order chi connectivity index (χ0) is 18.4. The Morgan fingerprint density at radius 2 is 1.42 bits per heavy atom. The fourth-order valence-electron chi connectivity index (χ4n) is 2.80. The molecule has 0 spiro atoms. The second-order valence-corrected chi connectivity index (χ2v) is 6.05. The van der Waals surface area contributed by atoms with Gasteiger partial charge in [-0.3, -0.25) is 0 Å². The highest BCUT2D eigenvalue weighted by Gasteiger charge is 2.25. The molecule has 0 bridgehead atoms. The van der Waals surface area contributed by atoms with Crippen LogP contribution in [0.4, 0.5) is 28.9 Å². The first kappa shape index (κ1) is 16.6. The fraction of sp³-hybridized carbons (Fsp3) is 0. The summed E-state index contributed by atoms with van der Waals surface area (Å²) in [5, 5.41) is 3.40.